The Morgan fingerprint density at radius 2 is 0.688 bits per heavy atom. The molecule has 0 aliphatic heterocycles. The summed E-state index contributed by atoms with van der Waals surface area (Å²) in [5.41, 5.74) is 5.60. The molecule has 0 bridgehead atoms. The van der Waals surface area contributed by atoms with Gasteiger partial charge in [0.15, 0.2) is 11.6 Å². The van der Waals surface area contributed by atoms with E-state index in [1.807, 2.05) is 67.6 Å². The fourth-order valence-corrected chi connectivity index (χ4v) is 5.45. The van der Waals surface area contributed by atoms with Crippen LogP contribution in [0.25, 0.3) is 0 Å². The molecule has 238 valence electrons. The van der Waals surface area contributed by atoms with Gasteiger partial charge < -0.3 is 14.2 Å². The molecular weight excluding hydrogens is 596 g/mol. The number of carbonyl (C=O) groups is 2. The third-order valence-corrected chi connectivity index (χ3v) is 8.52. The molecule has 0 fully saturated rings. The van der Waals surface area contributed by atoms with Crippen molar-refractivity contribution >= 4 is 11.6 Å². The highest BCUT2D eigenvalue weighted by Crippen LogP contribution is 2.35. The Labute approximate surface area is 281 Å². The van der Waals surface area contributed by atoms with Gasteiger partial charge in [0, 0.05) is 27.7 Å². The van der Waals surface area contributed by atoms with Crippen LogP contribution in [-0.4, -0.2) is 18.7 Å². The first kappa shape index (κ1) is 32.0. The van der Waals surface area contributed by atoms with E-state index < -0.39 is 0 Å². The van der Waals surface area contributed by atoms with Crippen molar-refractivity contribution in [2.45, 2.75) is 26.2 Å². The second-order valence-corrected chi connectivity index (χ2v) is 12.2. The maximum absolute atomic E-state index is 12.8. The molecule has 0 unspecified atom stereocenters. The van der Waals surface area contributed by atoms with Crippen LogP contribution in [0, 0.1) is 6.92 Å². The Balaban J connectivity index is 1.06. The van der Waals surface area contributed by atoms with Crippen molar-refractivity contribution in [1.29, 1.82) is 0 Å². The minimum absolute atomic E-state index is 0.0132. The van der Waals surface area contributed by atoms with Gasteiger partial charge in [0.05, 0.1) is 7.11 Å². The van der Waals surface area contributed by atoms with E-state index >= 15 is 0 Å². The first-order chi connectivity index (χ1) is 23.2. The molecule has 0 aliphatic rings. The van der Waals surface area contributed by atoms with Crippen LogP contribution in [0.1, 0.15) is 62.4 Å². The molecule has 0 aliphatic carbocycles. The number of benzene rings is 6. The molecule has 0 saturated carbocycles. The zero-order chi connectivity index (χ0) is 33.7. The first-order valence-electron chi connectivity index (χ1n) is 15.8. The molecule has 6 aromatic rings. The van der Waals surface area contributed by atoms with E-state index in [4.69, 9.17) is 14.2 Å². The molecule has 0 atom stereocenters. The summed E-state index contributed by atoms with van der Waals surface area (Å²) in [7, 11) is 1.60. The monoisotopic (exact) mass is 632 g/mol. The van der Waals surface area contributed by atoms with Gasteiger partial charge in [-0.05, 0) is 115 Å². The third-order valence-electron chi connectivity index (χ3n) is 8.52. The standard InChI is InChI=1S/C43H36O5/c1-29-5-7-30(8-6-29)41(44)32-11-21-37(22-12-32)47-39-25-15-34(16-26-39)43(2,3)35-17-27-40(28-18-35)48-38-23-13-33(14-24-38)42(45)31-9-19-36(46-4)20-10-31/h5-28H,1-4H3. The van der Waals surface area contributed by atoms with Gasteiger partial charge in [-0.3, -0.25) is 9.59 Å². The highest BCUT2D eigenvalue weighted by Gasteiger charge is 2.23. The maximum atomic E-state index is 12.8. The van der Waals surface area contributed by atoms with Crippen molar-refractivity contribution < 1.29 is 23.8 Å². The molecule has 0 amide bonds. The maximum Gasteiger partial charge on any atom is 0.193 e. The van der Waals surface area contributed by atoms with E-state index in [9.17, 15) is 9.59 Å². The summed E-state index contributed by atoms with van der Waals surface area (Å²) in [6, 6.07) is 45.2. The third kappa shape index (κ3) is 7.21. The Kier molecular flexibility index (Phi) is 9.22. The number of ketones is 2. The van der Waals surface area contributed by atoms with Crippen LogP contribution in [-0.2, 0) is 5.41 Å². The second-order valence-electron chi connectivity index (χ2n) is 12.2. The highest BCUT2D eigenvalue weighted by molar-refractivity contribution is 6.09. The summed E-state index contributed by atoms with van der Waals surface area (Å²) in [4.78, 5) is 25.6. The van der Waals surface area contributed by atoms with Crippen molar-refractivity contribution in [3.05, 3.63) is 185 Å². The summed E-state index contributed by atoms with van der Waals surface area (Å²) in [6.45, 7) is 6.36. The second kappa shape index (κ2) is 13.8. The number of carbonyl (C=O) groups excluding carboxylic acids is 2. The Bertz CT molecular complexity index is 2010. The first-order valence-corrected chi connectivity index (χ1v) is 15.8. The Morgan fingerprint density at radius 1 is 0.417 bits per heavy atom. The predicted molar refractivity (Wildman–Crippen MR) is 189 cm³/mol. The lowest BCUT2D eigenvalue weighted by atomic mass is 9.78. The van der Waals surface area contributed by atoms with Crippen LogP contribution >= 0.6 is 0 Å². The molecule has 5 heteroatoms. The van der Waals surface area contributed by atoms with Gasteiger partial charge >= 0.3 is 0 Å². The number of aryl methyl sites for hydroxylation is 1. The van der Waals surface area contributed by atoms with E-state index in [2.05, 4.69) is 38.1 Å². The van der Waals surface area contributed by atoms with Crippen LogP contribution in [0.5, 0.6) is 28.7 Å². The van der Waals surface area contributed by atoms with Crippen LogP contribution in [0.3, 0.4) is 0 Å². The lowest BCUT2D eigenvalue weighted by molar-refractivity contribution is 0.103. The SMILES string of the molecule is COc1ccc(C(=O)c2ccc(Oc3ccc(C(C)(C)c4ccc(Oc5ccc(C(=O)c6ccc(C)cc6)cc5)cc4)cc3)cc2)cc1. The molecule has 0 heterocycles. The van der Waals surface area contributed by atoms with Crippen molar-refractivity contribution in [3.63, 3.8) is 0 Å². The predicted octanol–water partition coefficient (Wildman–Crippen LogP) is 10.4. The zero-order valence-corrected chi connectivity index (χ0v) is 27.4. The van der Waals surface area contributed by atoms with Crippen molar-refractivity contribution in [2.75, 3.05) is 7.11 Å². The van der Waals surface area contributed by atoms with E-state index in [1.54, 1.807) is 67.8 Å². The van der Waals surface area contributed by atoms with Crippen LogP contribution in [0.15, 0.2) is 146 Å². The normalized spacial score (nSPS) is 11.1. The molecule has 0 radical (unpaired) electrons. The molecule has 0 N–H and O–H groups in total. The summed E-state index contributed by atoms with van der Waals surface area (Å²) >= 11 is 0. The van der Waals surface area contributed by atoms with Gasteiger partial charge in [-0.15, -0.1) is 0 Å². The zero-order valence-electron chi connectivity index (χ0n) is 27.4. The topological polar surface area (TPSA) is 61.8 Å². The van der Waals surface area contributed by atoms with E-state index in [0.717, 1.165) is 16.7 Å². The fraction of sp³-hybridized carbons (Fsp3) is 0.116. The van der Waals surface area contributed by atoms with E-state index in [0.29, 0.717) is 51.0 Å². The van der Waals surface area contributed by atoms with E-state index in [1.165, 1.54) is 0 Å². The lowest BCUT2D eigenvalue weighted by Crippen LogP contribution is -2.18. The van der Waals surface area contributed by atoms with Gasteiger partial charge in [-0.2, -0.15) is 0 Å². The number of ether oxygens (including phenoxy) is 3. The van der Waals surface area contributed by atoms with Crippen molar-refractivity contribution in [3.8, 4) is 28.7 Å². The molecule has 6 rings (SSSR count). The summed E-state index contributed by atoms with van der Waals surface area (Å²) < 4.78 is 17.3. The van der Waals surface area contributed by atoms with Crippen LogP contribution < -0.4 is 14.2 Å². The summed E-state index contributed by atoms with van der Waals surface area (Å²) in [5.74, 6) is 3.37. The number of hydrogen-bond acceptors (Lipinski definition) is 5. The van der Waals surface area contributed by atoms with Crippen LogP contribution in [0.2, 0.25) is 0 Å². The van der Waals surface area contributed by atoms with Crippen molar-refractivity contribution in [1.82, 2.24) is 0 Å². The average Bonchev–Trinajstić information content (AvgIpc) is 3.12. The molecule has 0 spiro atoms. The van der Waals surface area contributed by atoms with E-state index in [-0.39, 0.29) is 17.0 Å². The highest BCUT2D eigenvalue weighted by atomic mass is 16.5. The molecule has 0 aromatic heterocycles. The minimum atomic E-state index is -0.265. The lowest BCUT2D eigenvalue weighted by Gasteiger charge is -2.26. The summed E-state index contributed by atoms with van der Waals surface area (Å²) in [6.07, 6.45) is 0. The molecule has 6 aromatic carbocycles. The van der Waals surface area contributed by atoms with Gasteiger partial charge in [0.1, 0.15) is 28.7 Å². The summed E-state index contributed by atoms with van der Waals surface area (Å²) in [5, 5.41) is 0. The number of hydrogen-bond donors (Lipinski definition) is 0. The Morgan fingerprint density at radius 3 is 1.00 bits per heavy atom. The quantitative estimate of drug-likeness (QED) is 0.133. The minimum Gasteiger partial charge on any atom is -0.497 e. The van der Waals surface area contributed by atoms with Gasteiger partial charge in [-0.1, -0.05) is 67.9 Å². The number of rotatable bonds is 11. The Hall–Kier alpha value is -5.94. The average molecular weight is 633 g/mol. The van der Waals surface area contributed by atoms with Crippen LogP contribution in [0.4, 0.5) is 0 Å². The molecular formula is C43H36O5. The molecule has 5 nitrogen and oxygen atoms in total. The van der Waals surface area contributed by atoms with Gasteiger partial charge in [-0.25, -0.2) is 0 Å². The molecule has 48 heavy (non-hydrogen) atoms. The number of methoxy groups -OCH3 is 1. The van der Waals surface area contributed by atoms with Gasteiger partial charge in [0.2, 0.25) is 0 Å². The molecule has 0 saturated heterocycles. The van der Waals surface area contributed by atoms with Gasteiger partial charge in [0.25, 0.3) is 0 Å². The largest absolute Gasteiger partial charge is 0.497 e. The van der Waals surface area contributed by atoms with Crippen molar-refractivity contribution in [2.24, 2.45) is 0 Å². The fourth-order valence-electron chi connectivity index (χ4n) is 5.45. The smallest absolute Gasteiger partial charge is 0.193 e.